The summed E-state index contributed by atoms with van der Waals surface area (Å²) in [6, 6.07) is 7.90. The van der Waals surface area contributed by atoms with E-state index >= 15 is 0 Å². The standard InChI is InChI=1S/C15H22N2O2/c1-12-6-4-5-7-14(12)15(18)17-8-9-19-11-13(17)10-16(2)3/h4-7,13H,8-11H2,1-3H3/t13-/m1/s1. The van der Waals surface area contributed by atoms with Gasteiger partial charge >= 0.3 is 0 Å². The summed E-state index contributed by atoms with van der Waals surface area (Å²) in [7, 11) is 4.04. The Hall–Kier alpha value is -1.39. The van der Waals surface area contributed by atoms with Crippen LogP contribution in [0.1, 0.15) is 15.9 Å². The van der Waals surface area contributed by atoms with Gasteiger partial charge in [-0.15, -0.1) is 0 Å². The van der Waals surface area contributed by atoms with Crippen molar-refractivity contribution in [3.05, 3.63) is 35.4 Å². The lowest BCUT2D eigenvalue weighted by Crippen LogP contribution is -2.52. The maximum absolute atomic E-state index is 12.7. The molecule has 19 heavy (non-hydrogen) atoms. The molecule has 0 bridgehead atoms. The largest absolute Gasteiger partial charge is 0.377 e. The molecule has 0 aromatic heterocycles. The molecule has 1 fully saturated rings. The van der Waals surface area contributed by atoms with Crippen molar-refractivity contribution >= 4 is 5.91 Å². The van der Waals surface area contributed by atoms with Gasteiger partial charge in [0.2, 0.25) is 0 Å². The zero-order chi connectivity index (χ0) is 13.8. The minimum absolute atomic E-state index is 0.119. The van der Waals surface area contributed by atoms with Gasteiger partial charge in [-0.1, -0.05) is 18.2 Å². The molecule has 0 unspecified atom stereocenters. The van der Waals surface area contributed by atoms with E-state index in [0.717, 1.165) is 17.7 Å². The van der Waals surface area contributed by atoms with Crippen LogP contribution in [0.15, 0.2) is 24.3 Å². The number of aryl methyl sites for hydroxylation is 1. The maximum atomic E-state index is 12.7. The highest BCUT2D eigenvalue weighted by Crippen LogP contribution is 2.15. The van der Waals surface area contributed by atoms with Gasteiger partial charge in [-0.3, -0.25) is 4.79 Å². The molecule has 1 atom stereocenters. The van der Waals surface area contributed by atoms with Gasteiger partial charge in [-0.2, -0.15) is 0 Å². The number of likely N-dealkylation sites (N-methyl/N-ethyl adjacent to an activating group) is 1. The number of carbonyl (C=O) groups excluding carboxylic acids is 1. The molecule has 1 aromatic carbocycles. The summed E-state index contributed by atoms with van der Waals surface area (Å²) in [5.41, 5.74) is 1.83. The molecule has 1 heterocycles. The molecule has 1 aliphatic heterocycles. The molecule has 104 valence electrons. The lowest BCUT2D eigenvalue weighted by atomic mass is 10.1. The summed E-state index contributed by atoms with van der Waals surface area (Å²) in [4.78, 5) is 16.7. The fourth-order valence-corrected chi connectivity index (χ4v) is 2.46. The molecule has 0 radical (unpaired) electrons. The van der Waals surface area contributed by atoms with Gasteiger partial charge < -0.3 is 14.5 Å². The third-order valence-corrected chi connectivity index (χ3v) is 3.44. The molecule has 1 aliphatic rings. The van der Waals surface area contributed by atoms with Gasteiger partial charge in [-0.05, 0) is 32.6 Å². The Balaban J connectivity index is 2.18. The lowest BCUT2D eigenvalue weighted by Gasteiger charge is -2.37. The molecule has 1 amide bonds. The zero-order valence-corrected chi connectivity index (χ0v) is 11.9. The number of carbonyl (C=O) groups is 1. The molecular formula is C15H22N2O2. The van der Waals surface area contributed by atoms with Crippen LogP contribution in [-0.4, -0.2) is 62.1 Å². The summed E-state index contributed by atoms with van der Waals surface area (Å²) in [6.07, 6.45) is 0. The molecule has 0 N–H and O–H groups in total. The Labute approximate surface area is 115 Å². The Morgan fingerprint density at radius 3 is 2.84 bits per heavy atom. The quantitative estimate of drug-likeness (QED) is 0.825. The van der Waals surface area contributed by atoms with Crippen LogP contribution in [0.5, 0.6) is 0 Å². The summed E-state index contributed by atoms with van der Waals surface area (Å²) in [5, 5.41) is 0. The lowest BCUT2D eigenvalue weighted by molar-refractivity contribution is -0.00834. The van der Waals surface area contributed by atoms with E-state index in [0.29, 0.717) is 19.8 Å². The highest BCUT2D eigenvalue weighted by atomic mass is 16.5. The van der Waals surface area contributed by atoms with Gasteiger partial charge in [0, 0.05) is 18.7 Å². The van der Waals surface area contributed by atoms with Gasteiger partial charge in [0.05, 0.1) is 19.3 Å². The number of amides is 1. The Morgan fingerprint density at radius 2 is 2.16 bits per heavy atom. The fraction of sp³-hybridized carbons (Fsp3) is 0.533. The van der Waals surface area contributed by atoms with Crippen molar-refractivity contribution in [1.82, 2.24) is 9.80 Å². The maximum Gasteiger partial charge on any atom is 0.254 e. The van der Waals surface area contributed by atoms with Crippen molar-refractivity contribution < 1.29 is 9.53 Å². The highest BCUT2D eigenvalue weighted by Gasteiger charge is 2.28. The topological polar surface area (TPSA) is 32.8 Å². The van der Waals surface area contributed by atoms with E-state index in [9.17, 15) is 4.79 Å². The number of hydrogen-bond donors (Lipinski definition) is 0. The van der Waals surface area contributed by atoms with Crippen LogP contribution in [0.3, 0.4) is 0 Å². The third-order valence-electron chi connectivity index (χ3n) is 3.44. The molecule has 1 saturated heterocycles. The van der Waals surface area contributed by atoms with Gasteiger partial charge in [-0.25, -0.2) is 0 Å². The first kappa shape index (κ1) is 14.0. The number of nitrogens with zero attached hydrogens (tertiary/aromatic N) is 2. The second-order valence-corrected chi connectivity index (χ2v) is 5.30. The molecular weight excluding hydrogens is 240 g/mol. The first-order chi connectivity index (χ1) is 9.09. The normalized spacial score (nSPS) is 19.8. The van der Waals surface area contributed by atoms with Crippen LogP contribution >= 0.6 is 0 Å². The molecule has 1 aromatic rings. The average molecular weight is 262 g/mol. The van der Waals surface area contributed by atoms with Crippen LogP contribution < -0.4 is 0 Å². The second-order valence-electron chi connectivity index (χ2n) is 5.30. The van der Waals surface area contributed by atoms with E-state index in [1.165, 1.54) is 0 Å². The summed E-state index contributed by atoms with van der Waals surface area (Å²) < 4.78 is 5.51. The minimum atomic E-state index is 0.119. The van der Waals surface area contributed by atoms with E-state index in [2.05, 4.69) is 4.90 Å². The molecule has 0 saturated carbocycles. The molecule has 4 nitrogen and oxygen atoms in total. The SMILES string of the molecule is Cc1ccccc1C(=O)N1CCOC[C@H]1CN(C)C. The van der Waals surface area contributed by atoms with E-state index < -0.39 is 0 Å². The summed E-state index contributed by atoms with van der Waals surface area (Å²) in [5.74, 6) is 0.119. The highest BCUT2D eigenvalue weighted by molar-refractivity contribution is 5.95. The van der Waals surface area contributed by atoms with E-state index in [-0.39, 0.29) is 11.9 Å². The molecule has 0 spiro atoms. The molecule has 0 aliphatic carbocycles. The minimum Gasteiger partial charge on any atom is -0.377 e. The Morgan fingerprint density at radius 1 is 1.42 bits per heavy atom. The first-order valence-corrected chi connectivity index (χ1v) is 6.68. The van der Waals surface area contributed by atoms with Crippen LogP contribution in [0.25, 0.3) is 0 Å². The van der Waals surface area contributed by atoms with Crippen molar-refractivity contribution in [2.45, 2.75) is 13.0 Å². The van der Waals surface area contributed by atoms with Crippen molar-refractivity contribution in [3.63, 3.8) is 0 Å². The average Bonchev–Trinajstić information content (AvgIpc) is 2.38. The van der Waals surface area contributed by atoms with Crippen molar-refractivity contribution in [2.75, 3.05) is 40.4 Å². The Kier molecular flexibility index (Phi) is 4.56. The fourth-order valence-electron chi connectivity index (χ4n) is 2.46. The van der Waals surface area contributed by atoms with Gasteiger partial charge in [0.15, 0.2) is 0 Å². The Bertz CT molecular complexity index is 446. The number of hydrogen-bond acceptors (Lipinski definition) is 3. The van der Waals surface area contributed by atoms with Crippen molar-refractivity contribution in [2.24, 2.45) is 0 Å². The second kappa shape index (κ2) is 6.17. The van der Waals surface area contributed by atoms with E-state index in [1.807, 2.05) is 50.2 Å². The van der Waals surface area contributed by atoms with Crippen molar-refractivity contribution in [3.8, 4) is 0 Å². The number of morpholine rings is 1. The zero-order valence-electron chi connectivity index (χ0n) is 11.9. The van der Waals surface area contributed by atoms with Crippen LogP contribution in [0.2, 0.25) is 0 Å². The van der Waals surface area contributed by atoms with E-state index in [4.69, 9.17) is 4.74 Å². The van der Waals surface area contributed by atoms with Gasteiger partial charge in [0.1, 0.15) is 0 Å². The first-order valence-electron chi connectivity index (χ1n) is 6.68. The summed E-state index contributed by atoms with van der Waals surface area (Å²) in [6.45, 7) is 4.73. The molecule has 2 rings (SSSR count). The van der Waals surface area contributed by atoms with Crippen LogP contribution in [0.4, 0.5) is 0 Å². The van der Waals surface area contributed by atoms with E-state index in [1.54, 1.807) is 0 Å². The summed E-state index contributed by atoms with van der Waals surface area (Å²) >= 11 is 0. The molecule has 4 heteroatoms. The van der Waals surface area contributed by atoms with Crippen molar-refractivity contribution in [1.29, 1.82) is 0 Å². The third kappa shape index (κ3) is 3.33. The van der Waals surface area contributed by atoms with Gasteiger partial charge in [0.25, 0.3) is 5.91 Å². The smallest absolute Gasteiger partial charge is 0.254 e. The van der Waals surface area contributed by atoms with Crippen LogP contribution in [-0.2, 0) is 4.74 Å². The number of benzene rings is 1. The van der Waals surface area contributed by atoms with Crippen LogP contribution in [0, 0.1) is 6.92 Å². The predicted molar refractivity (Wildman–Crippen MR) is 75.4 cm³/mol. The number of rotatable bonds is 3. The monoisotopic (exact) mass is 262 g/mol. The predicted octanol–water partition coefficient (Wildman–Crippen LogP) is 1.40. The number of ether oxygens (including phenoxy) is 1.